The lowest BCUT2D eigenvalue weighted by Crippen LogP contribution is -1.94. The van der Waals surface area contributed by atoms with Crippen LogP contribution in [0.15, 0.2) is 42.5 Å². The first-order chi connectivity index (χ1) is 7.27. The maximum atomic E-state index is 10.8. The molecule has 0 heterocycles. The number of rotatable bonds is 3. The Kier molecular flexibility index (Phi) is 4.07. The number of hydrogen-bond acceptors (Lipinski definition) is 3. The second-order valence-corrected chi connectivity index (χ2v) is 2.74. The Morgan fingerprint density at radius 3 is 2.47 bits per heavy atom. The number of ether oxygens (including phenoxy) is 1. The molecule has 0 aliphatic carbocycles. The van der Waals surface area contributed by atoms with Crippen LogP contribution >= 0.6 is 0 Å². The van der Waals surface area contributed by atoms with E-state index in [0.717, 1.165) is 0 Å². The van der Waals surface area contributed by atoms with Gasteiger partial charge in [-0.3, -0.25) is 0 Å². The Morgan fingerprint density at radius 1 is 1.27 bits per heavy atom. The first-order valence-electron chi connectivity index (χ1n) is 4.34. The summed E-state index contributed by atoms with van der Waals surface area (Å²) in [7, 11) is 1.28. The molecule has 1 aromatic rings. The van der Waals surface area contributed by atoms with Gasteiger partial charge in [0.05, 0.1) is 12.7 Å². The molecule has 3 nitrogen and oxygen atoms in total. The van der Waals surface area contributed by atoms with E-state index in [1.54, 1.807) is 30.2 Å². The summed E-state index contributed by atoms with van der Waals surface area (Å²) in [5.41, 5.74) is 1.04. The minimum atomic E-state index is -0.501. The fourth-order valence-electron chi connectivity index (χ4n) is 1.03. The first-order valence-corrected chi connectivity index (χ1v) is 4.34. The van der Waals surface area contributed by atoms with Crippen molar-refractivity contribution in [2.75, 3.05) is 7.11 Å². The minimum Gasteiger partial charge on any atom is -0.466 e. The van der Waals surface area contributed by atoms with Gasteiger partial charge in [-0.1, -0.05) is 30.3 Å². The summed E-state index contributed by atoms with van der Waals surface area (Å²) in [5.74, 6) is 1.27. The summed E-state index contributed by atoms with van der Waals surface area (Å²) in [5, 5.41) is 0. The molecule has 3 heteroatoms. The maximum absolute atomic E-state index is 10.8. The molecule has 15 heavy (non-hydrogen) atoms. The van der Waals surface area contributed by atoms with Crippen molar-refractivity contribution in [2.24, 2.45) is 0 Å². The normalized spacial score (nSPS) is 9.67. The smallest absolute Gasteiger partial charge is 0.330 e. The number of esters is 1. The molecule has 0 aliphatic rings. The molecule has 0 bridgehead atoms. The van der Waals surface area contributed by atoms with Crippen molar-refractivity contribution < 1.29 is 14.3 Å². The van der Waals surface area contributed by atoms with E-state index in [0.29, 0.717) is 11.1 Å². The van der Waals surface area contributed by atoms with E-state index < -0.39 is 5.97 Å². The van der Waals surface area contributed by atoms with Crippen LogP contribution < -0.4 is 0 Å². The number of hydrogen-bond donors (Lipinski definition) is 0. The van der Waals surface area contributed by atoms with Gasteiger partial charge in [-0.05, 0) is 11.6 Å². The molecule has 0 fully saturated rings. The third-order valence-corrected chi connectivity index (χ3v) is 1.78. The maximum Gasteiger partial charge on any atom is 0.330 e. The molecule has 0 N–H and O–H groups in total. The SMILES string of the molecule is COC(=O)C=CC(=C=O)c1ccccc1. The molecule has 0 saturated heterocycles. The number of allylic oxidation sites excluding steroid dienone is 2. The van der Waals surface area contributed by atoms with Gasteiger partial charge in [0.25, 0.3) is 0 Å². The molecule has 0 atom stereocenters. The highest BCUT2D eigenvalue weighted by atomic mass is 16.5. The number of carbonyl (C=O) groups excluding carboxylic acids is 2. The predicted octanol–water partition coefficient (Wildman–Crippen LogP) is 1.63. The number of methoxy groups -OCH3 is 1. The highest BCUT2D eigenvalue weighted by Crippen LogP contribution is 2.11. The highest BCUT2D eigenvalue weighted by molar-refractivity contribution is 5.96. The van der Waals surface area contributed by atoms with E-state index in [9.17, 15) is 9.59 Å². The van der Waals surface area contributed by atoms with Crippen LogP contribution in [0.3, 0.4) is 0 Å². The molecule has 0 radical (unpaired) electrons. The number of benzene rings is 1. The van der Waals surface area contributed by atoms with Gasteiger partial charge in [0, 0.05) is 6.08 Å². The first kappa shape index (κ1) is 11.0. The summed E-state index contributed by atoms with van der Waals surface area (Å²) < 4.78 is 4.41. The average Bonchev–Trinajstić information content (AvgIpc) is 2.31. The topological polar surface area (TPSA) is 43.4 Å². The van der Waals surface area contributed by atoms with Crippen molar-refractivity contribution in [1.29, 1.82) is 0 Å². The predicted molar refractivity (Wildman–Crippen MR) is 56.7 cm³/mol. The van der Waals surface area contributed by atoms with E-state index in [2.05, 4.69) is 4.74 Å². The van der Waals surface area contributed by atoms with E-state index >= 15 is 0 Å². The largest absolute Gasteiger partial charge is 0.466 e. The summed E-state index contributed by atoms with van der Waals surface area (Å²) in [6.07, 6.45) is 2.57. The van der Waals surface area contributed by atoms with Crippen LogP contribution in [0.4, 0.5) is 0 Å². The van der Waals surface area contributed by atoms with Crippen molar-refractivity contribution in [1.82, 2.24) is 0 Å². The zero-order chi connectivity index (χ0) is 11.1. The van der Waals surface area contributed by atoms with Crippen molar-refractivity contribution in [3.05, 3.63) is 48.0 Å². The molecule has 0 amide bonds. The van der Waals surface area contributed by atoms with E-state index in [-0.39, 0.29) is 0 Å². The third-order valence-electron chi connectivity index (χ3n) is 1.78. The lowest BCUT2D eigenvalue weighted by atomic mass is 10.1. The van der Waals surface area contributed by atoms with Gasteiger partial charge in [-0.15, -0.1) is 0 Å². The van der Waals surface area contributed by atoms with Gasteiger partial charge in [0.15, 0.2) is 0 Å². The zero-order valence-electron chi connectivity index (χ0n) is 8.27. The van der Waals surface area contributed by atoms with E-state index in [4.69, 9.17) is 0 Å². The fourth-order valence-corrected chi connectivity index (χ4v) is 1.03. The summed E-state index contributed by atoms with van der Waals surface area (Å²) in [6.45, 7) is 0. The summed E-state index contributed by atoms with van der Waals surface area (Å²) in [6, 6.07) is 8.98. The van der Waals surface area contributed by atoms with Crippen LogP contribution in [0.1, 0.15) is 5.56 Å². The molecule has 0 spiro atoms. The van der Waals surface area contributed by atoms with Gasteiger partial charge >= 0.3 is 5.97 Å². The molecule has 0 saturated carbocycles. The van der Waals surface area contributed by atoms with E-state index in [1.165, 1.54) is 19.3 Å². The van der Waals surface area contributed by atoms with Crippen LogP contribution in [0.2, 0.25) is 0 Å². The highest BCUT2D eigenvalue weighted by Gasteiger charge is 1.98. The second-order valence-electron chi connectivity index (χ2n) is 2.74. The van der Waals surface area contributed by atoms with Crippen LogP contribution in [0.25, 0.3) is 5.57 Å². The monoisotopic (exact) mass is 202 g/mol. The Morgan fingerprint density at radius 2 is 1.93 bits per heavy atom. The third kappa shape index (κ3) is 3.25. The van der Waals surface area contributed by atoms with Gasteiger partial charge in [-0.25, -0.2) is 9.59 Å². The fraction of sp³-hybridized carbons (Fsp3) is 0.0833. The van der Waals surface area contributed by atoms with Crippen molar-refractivity contribution >= 4 is 17.5 Å². The van der Waals surface area contributed by atoms with Crippen LogP contribution in [-0.4, -0.2) is 19.0 Å². The Bertz CT molecular complexity index is 412. The molecule has 0 aromatic heterocycles. The quantitative estimate of drug-likeness (QED) is 0.324. The van der Waals surface area contributed by atoms with E-state index in [1.807, 2.05) is 6.07 Å². The Labute approximate surface area is 87.7 Å². The van der Waals surface area contributed by atoms with Crippen molar-refractivity contribution in [3.8, 4) is 0 Å². The van der Waals surface area contributed by atoms with Crippen molar-refractivity contribution in [3.63, 3.8) is 0 Å². The van der Waals surface area contributed by atoms with Gasteiger partial charge in [0.1, 0.15) is 5.94 Å². The second kappa shape index (κ2) is 5.58. The standard InChI is InChI=1S/C12H10O3/c1-15-12(14)8-7-11(9-13)10-5-3-2-4-6-10/h2-8H,1H3. The van der Waals surface area contributed by atoms with Gasteiger partial charge in [-0.2, -0.15) is 0 Å². The van der Waals surface area contributed by atoms with Crippen LogP contribution in [0.5, 0.6) is 0 Å². The van der Waals surface area contributed by atoms with Crippen LogP contribution in [-0.2, 0) is 14.3 Å². The lowest BCUT2D eigenvalue weighted by molar-refractivity contribution is -0.134. The summed E-state index contributed by atoms with van der Waals surface area (Å²) in [4.78, 5) is 21.5. The Balaban J connectivity index is 2.89. The molecule has 0 unspecified atom stereocenters. The molecule has 1 aromatic carbocycles. The summed E-state index contributed by atoms with van der Waals surface area (Å²) >= 11 is 0. The zero-order valence-corrected chi connectivity index (χ0v) is 8.27. The van der Waals surface area contributed by atoms with Gasteiger partial charge in [0.2, 0.25) is 0 Å². The molecule has 76 valence electrons. The van der Waals surface area contributed by atoms with Gasteiger partial charge < -0.3 is 4.74 Å². The number of carbonyl (C=O) groups is 1. The van der Waals surface area contributed by atoms with Crippen molar-refractivity contribution in [2.45, 2.75) is 0 Å². The Hall–Kier alpha value is -2.12. The molecule has 1 rings (SSSR count). The lowest BCUT2D eigenvalue weighted by Gasteiger charge is -1.96. The molecule has 0 aliphatic heterocycles. The molecular formula is C12H10O3. The molecular weight excluding hydrogens is 192 g/mol. The van der Waals surface area contributed by atoms with Crippen LogP contribution in [0, 0.1) is 0 Å². The minimum absolute atomic E-state index is 0.320. The average molecular weight is 202 g/mol.